The summed E-state index contributed by atoms with van der Waals surface area (Å²) in [5.41, 5.74) is 7.68. The molecule has 3 heteroatoms. The van der Waals surface area contributed by atoms with Crippen LogP contribution in [0.3, 0.4) is 0 Å². The van der Waals surface area contributed by atoms with Gasteiger partial charge in [-0.2, -0.15) is 0 Å². The average Bonchev–Trinajstić information content (AvgIpc) is 2.46. The first-order valence-corrected chi connectivity index (χ1v) is 5.91. The highest BCUT2D eigenvalue weighted by atomic mass is 16.1. The van der Waals surface area contributed by atoms with E-state index in [1.807, 2.05) is 48.5 Å². The number of nitrogens with one attached hydrogen (secondary N) is 1. The lowest BCUT2D eigenvalue weighted by Crippen LogP contribution is -2.31. The first-order valence-electron chi connectivity index (χ1n) is 5.91. The van der Waals surface area contributed by atoms with E-state index < -0.39 is 0 Å². The minimum Gasteiger partial charge on any atom is -0.350 e. The molecule has 0 bridgehead atoms. The van der Waals surface area contributed by atoms with Crippen molar-refractivity contribution < 1.29 is 4.79 Å². The summed E-state index contributed by atoms with van der Waals surface area (Å²) in [4.78, 5) is 11.8. The van der Waals surface area contributed by atoms with Crippen LogP contribution in [-0.4, -0.2) is 12.5 Å². The van der Waals surface area contributed by atoms with Crippen LogP contribution in [0.15, 0.2) is 60.7 Å². The minimum atomic E-state index is -0.182. The smallest absolute Gasteiger partial charge is 0.251 e. The summed E-state index contributed by atoms with van der Waals surface area (Å²) < 4.78 is 0. The number of hydrogen-bond acceptors (Lipinski definition) is 2. The standard InChI is InChI=1S/C15H16N2O/c16-14(12-7-3-1-4-8-12)11-17-15(18)13-9-5-2-6-10-13/h1-10,14H,11,16H2,(H,17,18). The number of nitrogens with two attached hydrogens (primary N) is 1. The van der Waals surface area contributed by atoms with Crippen LogP contribution in [0.4, 0.5) is 0 Å². The van der Waals surface area contributed by atoms with Gasteiger partial charge in [0, 0.05) is 18.2 Å². The van der Waals surface area contributed by atoms with E-state index in [1.165, 1.54) is 0 Å². The van der Waals surface area contributed by atoms with Gasteiger partial charge in [-0.05, 0) is 17.7 Å². The second-order valence-corrected chi connectivity index (χ2v) is 4.09. The minimum absolute atomic E-state index is 0.0954. The molecule has 2 rings (SSSR count). The van der Waals surface area contributed by atoms with Gasteiger partial charge in [0.15, 0.2) is 0 Å². The van der Waals surface area contributed by atoms with Gasteiger partial charge in [-0.1, -0.05) is 48.5 Å². The van der Waals surface area contributed by atoms with Crippen molar-refractivity contribution in [1.29, 1.82) is 0 Å². The number of hydrogen-bond donors (Lipinski definition) is 2. The lowest BCUT2D eigenvalue weighted by atomic mass is 10.1. The van der Waals surface area contributed by atoms with E-state index in [1.54, 1.807) is 12.1 Å². The maximum absolute atomic E-state index is 11.8. The van der Waals surface area contributed by atoms with E-state index in [4.69, 9.17) is 5.73 Å². The molecule has 1 amide bonds. The molecule has 1 unspecified atom stereocenters. The van der Waals surface area contributed by atoms with Gasteiger partial charge < -0.3 is 11.1 Å². The van der Waals surface area contributed by atoms with Gasteiger partial charge in [0.2, 0.25) is 0 Å². The van der Waals surface area contributed by atoms with Crippen LogP contribution in [0.5, 0.6) is 0 Å². The maximum Gasteiger partial charge on any atom is 0.251 e. The van der Waals surface area contributed by atoms with Gasteiger partial charge in [0.05, 0.1) is 0 Å². The lowest BCUT2D eigenvalue weighted by Gasteiger charge is -2.13. The van der Waals surface area contributed by atoms with Crippen LogP contribution < -0.4 is 11.1 Å². The fraction of sp³-hybridized carbons (Fsp3) is 0.133. The summed E-state index contributed by atoms with van der Waals surface area (Å²) in [6, 6.07) is 18.7. The maximum atomic E-state index is 11.8. The van der Waals surface area contributed by atoms with Crippen molar-refractivity contribution in [1.82, 2.24) is 5.32 Å². The molecule has 0 aliphatic heterocycles. The summed E-state index contributed by atoms with van der Waals surface area (Å²) in [5.74, 6) is -0.0954. The molecule has 3 N–H and O–H groups in total. The first kappa shape index (κ1) is 12.3. The molecule has 2 aromatic carbocycles. The Kier molecular flexibility index (Phi) is 4.10. The molecule has 0 fully saturated rings. The van der Waals surface area contributed by atoms with E-state index in [9.17, 15) is 4.79 Å². The van der Waals surface area contributed by atoms with Crippen molar-refractivity contribution >= 4 is 5.91 Å². The molecule has 0 aromatic heterocycles. The van der Waals surface area contributed by atoms with E-state index in [0.717, 1.165) is 5.56 Å². The predicted octanol–water partition coefficient (Wildman–Crippen LogP) is 2.12. The largest absolute Gasteiger partial charge is 0.350 e. The quantitative estimate of drug-likeness (QED) is 0.860. The number of rotatable bonds is 4. The zero-order valence-electron chi connectivity index (χ0n) is 10.0. The van der Waals surface area contributed by atoms with Crippen molar-refractivity contribution in [3.63, 3.8) is 0 Å². The fourth-order valence-corrected chi connectivity index (χ4v) is 1.71. The Balaban J connectivity index is 1.91. The fourth-order valence-electron chi connectivity index (χ4n) is 1.71. The van der Waals surface area contributed by atoms with Crippen LogP contribution >= 0.6 is 0 Å². The highest BCUT2D eigenvalue weighted by molar-refractivity contribution is 5.94. The molecule has 1 atom stereocenters. The Bertz CT molecular complexity index is 496. The topological polar surface area (TPSA) is 55.1 Å². The lowest BCUT2D eigenvalue weighted by molar-refractivity contribution is 0.0951. The van der Waals surface area contributed by atoms with Gasteiger partial charge in [0.1, 0.15) is 0 Å². The van der Waals surface area contributed by atoms with Gasteiger partial charge in [0.25, 0.3) is 5.91 Å². The molecule has 3 nitrogen and oxygen atoms in total. The van der Waals surface area contributed by atoms with Crippen molar-refractivity contribution in [3.05, 3.63) is 71.8 Å². The van der Waals surface area contributed by atoms with Crippen molar-refractivity contribution in [2.45, 2.75) is 6.04 Å². The normalized spacial score (nSPS) is 11.8. The van der Waals surface area contributed by atoms with Crippen molar-refractivity contribution in [3.8, 4) is 0 Å². The van der Waals surface area contributed by atoms with Gasteiger partial charge in [-0.15, -0.1) is 0 Å². The third kappa shape index (κ3) is 3.18. The monoisotopic (exact) mass is 240 g/mol. The number of benzene rings is 2. The second-order valence-electron chi connectivity index (χ2n) is 4.09. The zero-order chi connectivity index (χ0) is 12.8. The molecule has 2 aromatic rings. The number of carbonyl (C=O) groups excluding carboxylic acids is 1. The molecule has 0 spiro atoms. The number of carbonyl (C=O) groups is 1. The predicted molar refractivity (Wildman–Crippen MR) is 72.1 cm³/mol. The first-order chi connectivity index (χ1) is 8.77. The zero-order valence-corrected chi connectivity index (χ0v) is 10.0. The Hall–Kier alpha value is -2.13. The Labute approximate surface area is 107 Å². The molecule has 0 heterocycles. The molecular weight excluding hydrogens is 224 g/mol. The Morgan fingerprint density at radius 2 is 1.56 bits per heavy atom. The SMILES string of the molecule is NC(CNC(=O)c1ccccc1)c1ccccc1. The second kappa shape index (κ2) is 5.98. The summed E-state index contributed by atoms with van der Waals surface area (Å²) in [7, 11) is 0. The van der Waals surface area contributed by atoms with E-state index in [-0.39, 0.29) is 11.9 Å². The van der Waals surface area contributed by atoms with Crippen LogP contribution in [-0.2, 0) is 0 Å². The molecule has 92 valence electrons. The van der Waals surface area contributed by atoms with Crippen LogP contribution in [0.25, 0.3) is 0 Å². The number of amides is 1. The molecule has 0 radical (unpaired) electrons. The molecule has 18 heavy (non-hydrogen) atoms. The van der Waals surface area contributed by atoms with Crippen molar-refractivity contribution in [2.24, 2.45) is 5.73 Å². The van der Waals surface area contributed by atoms with E-state index >= 15 is 0 Å². The van der Waals surface area contributed by atoms with E-state index in [2.05, 4.69) is 5.32 Å². The highest BCUT2D eigenvalue weighted by Gasteiger charge is 2.08. The third-order valence-corrected chi connectivity index (χ3v) is 2.75. The van der Waals surface area contributed by atoms with Gasteiger partial charge in [-0.25, -0.2) is 0 Å². The summed E-state index contributed by atoms with van der Waals surface area (Å²) in [6.45, 7) is 0.428. The van der Waals surface area contributed by atoms with Crippen LogP contribution in [0.1, 0.15) is 22.0 Å². The molecule has 0 aliphatic carbocycles. The Morgan fingerprint density at radius 1 is 1.00 bits per heavy atom. The van der Waals surface area contributed by atoms with Crippen LogP contribution in [0.2, 0.25) is 0 Å². The van der Waals surface area contributed by atoms with Gasteiger partial charge >= 0.3 is 0 Å². The summed E-state index contributed by atoms with van der Waals surface area (Å²) >= 11 is 0. The Morgan fingerprint density at radius 3 is 2.17 bits per heavy atom. The van der Waals surface area contributed by atoms with Gasteiger partial charge in [-0.3, -0.25) is 4.79 Å². The molecule has 0 saturated carbocycles. The van der Waals surface area contributed by atoms with Crippen molar-refractivity contribution in [2.75, 3.05) is 6.54 Å². The van der Waals surface area contributed by atoms with E-state index in [0.29, 0.717) is 12.1 Å². The third-order valence-electron chi connectivity index (χ3n) is 2.75. The summed E-state index contributed by atoms with van der Waals surface area (Å²) in [5, 5.41) is 2.83. The molecular formula is C15H16N2O. The highest BCUT2D eigenvalue weighted by Crippen LogP contribution is 2.08. The average molecular weight is 240 g/mol. The molecule has 0 saturated heterocycles. The van der Waals surface area contributed by atoms with Crippen LogP contribution in [0, 0.1) is 0 Å². The molecule has 0 aliphatic rings. The summed E-state index contributed by atoms with van der Waals surface area (Å²) in [6.07, 6.45) is 0.